The molecule has 1 aliphatic rings. The Labute approximate surface area is 228 Å². The first-order valence-electron chi connectivity index (χ1n) is 12.3. The van der Waals surface area contributed by atoms with Gasteiger partial charge in [0, 0.05) is 37.6 Å². The number of anilines is 2. The molecular weight excluding hydrogens is 533 g/mol. The van der Waals surface area contributed by atoms with Crippen molar-refractivity contribution in [1.29, 1.82) is 0 Å². The summed E-state index contributed by atoms with van der Waals surface area (Å²) in [4.78, 5) is 37.3. The number of benzene rings is 1. The number of ether oxygens (including phenoxy) is 2. The molecule has 216 valence electrons. The first-order valence-corrected chi connectivity index (χ1v) is 12.3. The van der Waals surface area contributed by atoms with Gasteiger partial charge in [0.2, 0.25) is 17.7 Å². The lowest BCUT2D eigenvalue weighted by atomic mass is 9.91. The summed E-state index contributed by atoms with van der Waals surface area (Å²) in [5.74, 6) is -0.750. The smallest absolute Gasteiger partial charge is 0.481 e. The van der Waals surface area contributed by atoms with Crippen molar-refractivity contribution in [2.24, 2.45) is 0 Å². The van der Waals surface area contributed by atoms with Gasteiger partial charge in [0.05, 0.1) is 19.7 Å². The fourth-order valence-corrected chi connectivity index (χ4v) is 4.16. The molecule has 0 aliphatic heterocycles. The van der Waals surface area contributed by atoms with E-state index in [1.165, 1.54) is 14.2 Å². The fourth-order valence-electron chi connectivity index (χ4n) is 4.16. The second-order valence-corrected chi connectivity index (χ2v) is 9.16. The molecule has 0 atom stereocenters. The van der Waals surface area contributed by atoms with E-state index in [1.54, 1.807) is 12.1 Å². The maximum absolute atomic E-state index is 12.8. The van der Waals surface area contributed by atoms with Crippen molar-refractivity contribution in [2.75, 3.05) is 38.5 Å². The Hall–Kier alpha value is -4.36. The number of fused-ring (bicyclic) bond motifs is 1. The monoisotopic (exact) mass is 564 g/mol. The highest BCUT2D eigenvalue weighted by atomic mass is 19.4. The quantitative estimate of drug-likeness (QED) is 0.387. The largest absolute Gasteiger partial charge is 0.490 e. The van der Waals surface area contributed by atoms with Gasteiger partial charge in [0.15, 0.2) is 0 Å². The molecule has 0 radical (unpaired) electrons. The molecule has 0 unspecified atom stereocenters. The van der Waals surface area contributed by atoms with Gasteiger partial charge < -0.3 is 30.1 Å². The molecule has 4 rings (SSSR count). The van der Waals surface area contributed by atoms with Crippen molar-refractivity contribution < 1.29 is 37.3 Å². The summed E-state index contributed by atoms with van der Waals surface area (Å²) in [5.41, 5.74) is 1.32. The van der Waals surface area contributed by atoms with Gasteiger partial charge in [0.25, 0.3) is 5.91 Å². The van der Waals surface area contributed by atoms with Gasteiger partial charge >= 0.3 is 12.1 Å². The van der Waals surface area contributed by atoms with Crippen LogP contribution < -0.4 is 25.0 Å². The van der Waals surface area contributed by atoms with Crippen LogP contribution in [-0.2, 0) is 4.79 Å². The van der Waals surface area contributed by atoms with Crippen molar-refractivity contribution in [3.8, 4) is 11.8 Å². The number of nitrogens with one attached hydrogen (secondary N) is 2. The zero-order valence-electron chi connectivity index (χ0n) is 22.5. The van der Waals surface area contributed by atoms with E-state index in [0.717, 1.165) is 42.4 Å². The average Bonchev–Trinajstić information content (AvgIpc) is 2.93. The predicted molar refractivity (Wildman–Crippen MR) is 142 cm³/mol. The number of carbonyl (C=O) groups is 2. The summed E-state index contributed by atoms with van der Waals surface area (Å²) >= 11 is 0. The first kappa shape index (κ1) is 30.2. The van der Waals surface area contributed by atoms with Crippen LogP contribution in [0, 0.1) is 0 Å². The molecule has 11 nitrogen and oxygen atoms in total. The molecule has 2 aromatic heterocycles. The zero-order valence-corrected chi connectivity index (χ0v) is 22.5. The molecule has 1 fully saturated rings. The normalized spacial score (nSPS) is 16.8. The van der Waals surface area contributed by atoms with E-state index in [-0.39, 0.29) is 23.9 Å². The van der Waals surface area contributed by atoms with Crippen LogP contribution >= 0.6 is 0 Å². The number of hydrogen-bond donors (Lipinski definition) is 3. The van der Waals surface area contributed by atoms with Crippen LogP contribution in [0.5, 0.6) is 11.8 Å². The van der Waals surface area contributed by atoms with Crippen molar-refractivity contribution in [3.05, 3.63) is 42.0 Å². The molecule has 1 saturated carbocycles. The maximum Gasteiger partial charge on any atom is 0.490 e. The number of nitrogens with zero attached hydrogens (tertiary/aromatic N) is 4. The SMILES string of the molecule is COc1ccc(C(=O)NC2CCC(Nc3nc(N(C)C)c4ccccc4n3)CC2)c(OC)n1.O=C(O)C(F)(F)F. The summed E-state index contributed by atoms with van der Waals surface area (Å²) < 4.78 is 42.1. The van der Waals surface area contributed by atoms with E-state index < -0.39 is 12.1 Å². The molecule has 0 saturated heterocycles. The Morgan fingerprint density at radius 2 is 1.57 bits per heavy atom. The summed E-state index contributed by atoms with van der Waals surface area (Å²) in [6.45, 7) is 0. The lowest BCUT2D eigenvalue weighted by Gasteiger charge is -2.30. The second kappa shape index (κ2) is 13.1. The van der Waals surface area contributed by atoms with Gasteiger partial charge in [-0.2, -0.15) is 23.1 Å². The molecule has 0 spiro atoms. The number of amides is 1. The Bertz CT molecular complexity index is 1330. The number of alkyl halides is 3. The number of aliphatic carboxylic acids is 1. The van der Waals surface area contributed by atoms with Gasteiger partial charge in [0.1, 0.15) is 11.4 Å². The third-order valence-corrected chi connectivity index (χ3v) is 6.13. The van der Waals surface area contributed by atoms with Crippen LogP contribution in [-0.4, -0.2) is 78.5 Å². The molecule has 2 heterocycles. The molecule has 0 bridgehead atoms. The van der Waals surface area contributed by atoms with E-state index in [2.05, 4.69) is 15.6 Å². The molecular formula is C26H31F3N6O5. The van der Waals surface area contributed by atoms with Crippen LogP contribution in [0.4, 0.5) is 24.9 Å². The maximum atomic E-state index is 12.8. The predicted octanol–water partition coefficient (Wildman–Crippen LogP) is 3.89. The standard InChI is InChI=1S/C24H30N6O3.C2HF3O2/c1-30(2)21-17-7-5-6-8-19(17)27-24(29-21)26-16-11-9-15(10-12-16)25-22(31)18-13-14-20(32-3)28-23(18)33-4;3-2(4,5)1(6)7/h5-8,13-16H,9-12H2,1-4H3,(H,25,31)(H,26,27,29);(H,6,7). The molecule has 1 aromatic carbocycles. The first-order chi connectivity index (χ1) is 18.9. The minimum Gasteiger partial charge on any atom is -0.481 e. The van der Waals surface area contributed by atoms with E-state index in [0.29, 0.717) is 17.4 Å². The van der Waals surface area contributed by atoms with Crippen molar-refractivity contribution in [1.82, 2.24) is 20.3 Å². The fraction of sp³-hybridized carbons (Fsp3) is 0.423. The third kappa shape index (κ3) is 7.83. The van der Waals surface area contributed by atoms with Crippen LogP contribution in [0.3, 0.4) is 0 Å². The Morgan fingerprint density at radius 3 is 2.15 bits per heavy atom. The third-order valence-electron chi connectivity index (χ3n) is 6.13. The lowest BCUT2D eigenvalue weighted by molar-refractivity contribution is -0.192. The highest BCUT2D eigenvalue weighted by Gasteiger charge is 2.38. The number of hydrogen-bond acceptors (Lipinski definition) is 9. The van der Waals surface area contributed by atoms with Crippen LogP contribution in [0.25, 0.3) is 10.9 Å². The number of para-hydroxylation sites is 1. The minimum atomic E-state index is -5.08. The van der Waals surface area contributed by atoms with Crippen LogP contribution in [0.2, 0.25) is 0 Å². The second-order valence-electron chi connectivity index (χ2n) is 9.16. The van der Waals surface area contributed by atoms with E-state index in [4.69, 9.17) is 29.3 Å². The van der Waals surface area contributed by atoms with Crippen molar-refractivity contribution in [3.63, 3.8) is 0 Å². The van der Waals surface area contributed by atoms with Gasteiger partial charge in [-0.05, 0) is 43.9 Å². The van der Waals surface area contributed by atoms with Gasteiger partial charge in [-0.3, -0.25) is 4.79 Å². The number of halogens is 3. The number of carboxylic acids is 1. The van der Waals surface area contributed by atoms with Gasteiger partial charge in [-0.1, -0.05) is 12.1 Å². The number of carboxylic acid groups (broad SMARTS) is 1. The Morgan fingerprint density at radius 1 is 0.950 bits per heavy atom. The highest BCUT2D eigenvalue weighted by Crippen LogP contribution is 2.27. The van der Waals surface area contributed by atoms with E-state index in [9.17, 15) is 18.0 Å². The number of rotatable bonds is 7. The number of methoxy groups -OCH3 is 2. The number of aromatic nitrogens is 3. The summed E-state index contributed by atoms with van der Waals surface area (Å²) in [6, 6.07) is 11.7. The van der Waals surface area contributed by atoms with Crippen LogP contribution in [0.1, 0.15) is 36.0 Å². The molecule has 14 heteroatoms. The zero-order chi connectivity index (χ0) is 29.4. The molecule has 3 N–H and O–H groups in total. The van der Waals surface area contributed by atoms with Gasteiger partial charge in [-0.25, -0.2) is 9.78 Å². The summed E-state index contributed by atoms with van der Waals surface area (Å²) in [7, 11) is 6.99. The Balaban J connectivity index is 0.000000559. The molecule has 1 aliphatic carbocycles. The molecule has 40 heavy (non-hydrogen) atoms. The minimum absolute atomic E-state index is 0.0946. The number of pyridine rings is 1. The van der Waals surface area contributed by atoms with Crippen molar-refractivity contribution in [2.45, 2.75) is 43.9 Å². The molecule has 3 aromatic rings. The molecule has 1 amide bonds. The van der Waals surface area contributed by atoms with Gasteiger partial charge in [-0.15, -0.1) is 0 Å². The average molecular weight is 565 g/mol. The van der Waals surface area contributed by atoms with Crippen LogP contribution in [0.15, 0.2) is 36.4 Å². The summed E-state index contributed by atoms with van der Waals surface area (Å²) in [6.07, 6.45) is -1.53. The number of carbonyl (C=O) groups excluding carboxylic acids is 1. The van der Waals surface area contributed by atoms with E-state index >= 15 is 0 Å². The van der Waals surface area contributed by atoms with E-state index in [1.807, 2.05) is 43.3 Å². The lowest BCUT2D eigenvalue weighted by Crippen LogP contribution is -2.40. The summed E-state index contributed by atoms with van der Waals surface area (Å²) in [5, 5.41) is 14.8. The Kier molecular flexibility index (Phi) is 9.91. The topological polar surface area (TPSA) is 139 Å². The van der Waals surface area contributed by atoms with Crippen molar-refractivity contribution >= 4 is 34.5 Å². The highest BCUT2D eigenvalue weighted by molar-refractivity contribution is 5.96.